The van der Waals surface area contributed by atoms with Crippen molar-refractivity contribution in [1.29, 1.82) is 0 Å². The van der Waals surface area contributed by atoms with Crippen molar-refractivity contribution in [3.63, 3.8) is 0 Å². The predicted molar refractivity (Wildman–Crippen MR) is 61.3 cm³/mol. The molecule has 2 nitrogen and oxygen atoms in total. The maximum atomic E-state index is 6.30. The summed E-state index contributed by atoms with van der Waals surface area (Å²) in [6.45, 7) is 5.60. The molecule has 1 aromatic rings. The van der Waals surface area contributed by atoms with Gasteiger partial charge in [0.15, 0.2) is 0 Å². The molecule has 0 unspecified atom stereocenters. The van der Waals surface area contributed by atoms with Gasteiger partial charge in [-0.05, 0) is 17.4 Å². The van der Waals surface area contributed by atoms with Crippen molar-refractivity contribution in [1.82, 2.24) is 4.90 Å². The molecule has 1 aliphatic heterocycles. The van der Waals surface area contributed by atoms with Gasteiger partial charge in [-0.1, -0.05) is 37.3 Å². The van der Waals surface area contributed by atoms with Gasteiger partial charge in [0, 0.05) is 25.2 Å². The summed E-state index contributed by atoms with van der Waals surface area (Å²) in [7, 11) is 0. The second-order valence-corrected chi connectivity index (χ2v) is 5.16. The number of likely N-dealkylation sites (tertiary alicyclic amines) is 1. The number of nitrogens with zero attached hydrogens (tertiary/aromatic N) is 1. The van der Waals surface area contributed by atoms with Crippen LogP contribution in [0.3, 0.4) is 0 Å². The molecule has 2 N–H and O–H groups in total. The van der Waals surface area contributed by atoms with Crippen LogP contribution in [0.15, 0.2) is 30.3 Å². The maximum absolute atomic E-state index is 6.30. The smallest absolute Gasteiger partial charge is 0.0357 e. The van der Waals surface area contributed by atoms with E-state index < -0.39 is 0 Å². The van der Waals surface area contributed by atoms with E-state index in [-0.39, 0.29) is 5.54 Å². The van der Waals surface area contributed by atoms with Crippen LogP contribution in [0.1, 0.15) is 12.5 Å². The summed E-state index contributed by atoms with van der Waals surface area (Å²) in [5.74, 6) is 1.49. The van der Waals surface area contributed by atoms with E-state index in [2.05, 4.69) is 42.2 Å². The first kappa shape index (κ1) is 9.37. The summed E-state index contributed by atoms with van der Waals surface area (Å²) in [4.78, 5) is 2.49. The van der Waals surface area contributed by atoms with Crippen LogP contribution in [-0.4, -0.2) is 23.5 Å². The highest BCUT2D eigenvalue weighted by atomic mass is 15.2. The fourth-order valence-electron chi connectivity index (χ4n) is 3.04. The molecule has 15 heavy (non-hydrogen) atoms. The Labute approximate surface area is 91.1 Å². The zero-order chi connectivity index (χ0) is 10.5. The largest absolute Gasteiger partial charge is 0.323 e. The molecular formula is C13H18N2. The summed E-state index contributed by atoms with van der Waals surface area (Å²) in [5, 5.41) is 0. The van der Waals surface area contributed by atoms with E-state index in [9.17, 15) is 0 Å². The standard InChI is InChI=1S/C13H18N2/c1-10-12-8-15(9-13(10,12)14)7-11-5-3-2-4-6-11/h2-6,10,12H,7-9,14H2,1H3/t10-,12+,13+/m0/s1. The molecular weight excluding hydrogens is 184 g/mol. The lowest BCUT2D eigenvalue weighted by Crippen LogP contribution is -2.35. The van der Waals surface area contributed by atoms with Crippen molar-refractivity contribution in [2.45, 2.75) is 19.0 Å². The monoisotopic (exact) mass is 202 g/mol. The molecule has 1 saturated heterocycles. The summed E-state index contributed by atoms with van der Waals surface area (Å²) in [6.07, 6.45) is 0. The summed E-state index contributed by atoms with van der Waals surface area (Å²) in [5.41, 5.74) is 7.84. The van der Waals surface area contributed by atoms with Crippen LogP contribution in [0.25, 0.3) is 0 Å². The van der Waals surface area contributed by atoms with Gasteiger partial charge < -0.3 is 5.73 Å². The Hall–Kier alpha value is -0.860. The second-order valence-electron chi connectivity index (χ2n) is 5.16. The fourth-order valence-corrected chi connectivity index (χ4v) is 3.04. The third-order valence-corrected chi connectivity index (χ3v) is 4.23. The van der Waals surface area contributed by atoms with Crippen molar-refractivity contribution >= 4 is 0 Å². The van der Waals surface area contributed by atoms with E-state index in [1.54, 1.807) is 0 Å². The van der Waals surface area contributed by atoms with Crippen molar-refractivity contribution in [3.8, 4) is 0 Å². The van der Waals surface area contributed by atoms with Crippen LogP contribution in [0.4, 0.5) is 0 Å². The molecule has 0 radical (unpaired) electrons. The van der Waals surface area contributed by atoms with Crippen LogP contribution in [-0.2, 0) is 6.54 Å². The van der Waals surface area contributed by atoms with Gasteiger partial charge in [0.2, 0.25) is 0 Å². The molecule has 1 aromatic carbocycles. The summed E-state index contributed by atoms with van der Waals surface area (Å²) < 4.78 is 0. The van der Waals surface area contributed by atoms with Gasteiger partial charge in [0.1, 0.15) is 0 Å². The normalized spacial score (nSPS) is 39.1. The van der Waals surface area contributed by atoms with Crippen molar-refractivity contribution in [2.24, 2.45) is 17.6 Å². The predicted octanol–water partition coefficient (Wildman–Crippen LogP) is 1.47. The topological polar surface area (TPSA) is 29.3 Å². The lowest BCUT2D eigenvalue weighted by molar-refractivity contribution is 0.273. The zero-order valence-corrected chi connectivity index (χ0v) is 9.19. The Balaban J connectivity index is 1.64. The molecule has 0 spiro atoms. The van der Waals surface area contributed by atoms with Crippen molar-refractivity contribution < 1.29 is 0 Å². The molecule has 1 aliphatic carbocycles. The molecule has 2 fully saturated rings. The van der Waals surface area contributed by atoms with E-state index in [0.717, 1.165) is 24.9 Å². The first-order chi connectivity index (χ1) is 7.20. The van der Waals surface area contributed by atoms with Gasteiger partial charge >= 0.3 is 0 Å². The minimum atomic E-state index is 0.148. The average Bonchev–Trinajstić information content (AvgIpc) is 2.59. The lowest BCUT2D eigenvalue weighted by Gasteiger charge is -2.20. The lowest BCUT2D eigenvalue weighted by atomic mass is 10.2. The third kappa shape index (κ3) is 1.40. The summed E-state index contributed by atoms with van der Waals surface area (Å²) >= 11 is 0. The van der Waals surface area contributed by atoms with Gasteiger partial charge in [-0.3, -0.25) is 4.90 Å². The first-order valence-corrected chi connectivity index (χ1v) is 5.75. The number of hydrogen-bond acceptors (Lipinski definition) is 2. The van der Waals surface area contributed by atoms with Crippen LogP contribution < -0.4 is 5.73 Å². The SMILES string of the molecule is C[C@H]1[C@H]2CN(Cc3ccccc3)C[C@]21N. The molecule has 1 saturated carbocycles. The van der Waals surface area contributed by atoms with Crippen molar-refractivity contribution in [3.05, 3.63) is 35.9 Å². The number of benzene rings is 1. The van der Waals surface area contributed by atoms with Crippen LogP contribution in [0.5, 0.6) is 0 Å². The Morgan fingerprint density at radius 2 is 2.13 bits per heavy atom. The Morgan fingerprint density at radius 1 is 1.40 bits per heavy atom. The molecule has 0 bridgehead atoms. The number of nitrogens with two attached hydrogens (primary N) is 1. The maximum Gasteiger partial charge on any atom is 0.0357 e. The van der Waals surface area contributed by atoms with Gasteiger partial charge in [0.05, 0.1) is 0 Å². The van der Waals surface area contributed by atoms with Crippen LogP contribution in [0, 0.1) is 11.8 Å². The average molecular weight is 202 g/mol. The second kappa shape index (κ2) is 3.06. The number of piperidine rings is 1. The molecule has 1 heterocycles. The van der Waals surface area contributed by atoms with E-state index in [1.165, 1.54) is 12.1 Å². The minimum Gasteiger partial charge on any atom is -0.323 e. The molecule has 2 aliphatic rings. The quantitative estimate of drug-likeness (QED) is 0.787. The van der Waals surface area contributed by atoms with Crippen molar-refractivity contribution in [2.75, 3.05) is 13.1 Å². The van der Waals surface area contributed by atoms with E-state index in [0.29, 0.717) is 0 Å². The molecule has 0 amide bonds. The fraction of sp³-hybridized carbons (Fsp3) is 0.538. The number of rotatable bonds is 2. The Kier molecular flexibility index (Phi) is 1.91. The molecule has 3 rings (SSSR count). The van der Waals surface area contributed by atoms with Gasteiger partial charge in [-0.25, -0.2) is 0 Å². The Bertz CT molecular complexity index is 362. The van der Waals surface area contributed by atoms with Gasteiger partial charge in [-0.15, -0.1) is 0 Å². The van der Waals surface area contributed by atoms with E-state index in [1.807, 2.05) is 0 Å². The summed E-state index contributed by atoms with van der Waals surface area (Å²) in [6, 6.07) is 10.7. The minimum absolute atomic E-state index is 0.148. The molecule has 3 atom stereocenters. The van der Waals surface area contributed by atoms with Crippen LogP contribution >= 0.6 is 0 Å². The Morgan fingerprint density at radius 3 is 2.73 bits per heavy atom. The number of hydrogen-bond donors (Lipinski definition) is 1. The third-order valence-electron chi connectivity index (χ3n) is 4.23. The molecule has 80 valence electrons. The number of fused-ring (bicyclic) bond motifs is 1. The molecule has 2 heteroatoms. The van der Waals surface area contributed by atoms with Crippen LogP contribution in [0.2, 0.25) is 0 Å². The molecule has 0 aromatic heterocycles. The van der Waals surface area contributed by atoms with Gasteiger partial charge in [-0.2, -0.15) is 0 Å². The highest BCUT2D eigenvalue weighted by molar-refractivity contribution is 5.22. The highest BCUT2D eigenvalue weighted by Gasteiger charge is 2.63. The zero-order valence-electron chi connectivity index (χ0n) is 9.19. The first-order valence-electron chi connectivity index (χ1n) is 5.75. The van der Waals surface area contributed by atoms with Gasteiger partial charge in [0.25, 0.3) is 0 Å². The van der Waals surface area contributed by atoms with E-state index >= 15 is 0 Å². The van der Waals surface area contributed by atoms with E-state index in [4.69, 9.17) is 5.73 Å². The highest BCUT2D eigenvalue weighted by Crippen LogP contribution is 2.53.